The highest BCUT2D eigenvalue weighted by Gasteiger charge is 1.95. The molecule has 0 atom stereocenters. The topological polar surface area (TPSA) is 30.5 Å². The van der Waals surface area contributed by atoms with E-state index in [-0.39, 0.29) is 0 Å². The smallest absolute Gasteiger partial charge is 0.121 e. The molecule has 1 N–H and O–H groups in total. The maximum atomic E-state index is 5.47. The van der Waals surface area contributed by atoms with E-state index in [4.69, 9.17) is 9.47 Å². The molecule has 3 heteroatoms. The molecule has 0 heterocycles. The maximum Gasteiger partial charge on any atom is 0.121 e. The summed E-state index contributed by atoms with van der Waals surface area (Å²) in [6.45, 7) is 4.19. The quantitative estimate of drug-likeness (QED) is 0.705. The van der Waals surface area contributed by atoms with Gasteiger partial charge in [0.15, 0.2) is 0 Å². The summed E-state index contributed by atoms with van der Waals surface area (Å²) in [4.78, 5) is 0. The van der Waals surface area contributed by atoms with Gasteiger partial charge in [-0.1, -0.05) is 6.07 Å². The Morgan fingerprint density at radius 1 is 1.29 bits per heavy atom. The maximum absolute atomic E-state index is 5.47. The molecule has 0 unspecified atom stereocenters. The van der Waals surface area contributed by atoms with Crippen molar-refractivity contribution in [2.75, 3.05) is 32.2 Å². The van der Waals surface area contributed by atoms with Crippen LogP contribution in [0.3, 0.4) is 0 Å². The van der Waals surface area contributed by atoms with Crippen molar-refractivity contribution in [3.8, 4) is 5.75 Å². The summed E-state index contributed by atoms with van der Waals surface area (Å²) < 4.78 is 10.4. The molecule has 0 amide bonds. The predicted molar refractivity (Wildman–Crippen MR) is 58.0 cm³/mol. The van der Waals surface area contributed by atoms with Crippen LogP contribution in [0, 0.1) is 0 Å². The summed E-state index contributed by atoms with van der Waals surface area (Å²) in [6, 6.07) is 7.92. The molecule has 0 aliphatic carbocycles. The molecular formula is C11H17NO2. The lowest BCUT2D eigenvalue weighted by Crippen LogP contribution is -2.04. The third-order valence-corrected chi connectivity index (χ3v) is 1.77. The van der Waals surface area contributed by atoms with E-state index in [0.717, 1.165) is 18.0 Å². The van der Waals surface area contributed by atoms with Crippen LogP contribution < -0.4 is 10.1 Å². The van der Waals surface area contributed by atoms with Crippen molar-refractivity contribution in [1.29, 1.82) is 0 Å². The highest BCUT2D eigenvalue weighted by molar-refractivity contribution is 5.47. The Hall–Kier alpha value is -1.22. The van der Waals surface area contributed by atoms with E-state index in [1.54, 1.807) is 7.11 Å². The number of methoxy groups -OCH3 is 1. The summed E-state index contributed by atoms with van der Waals surface area (Å²) in [5.41, 5.74) is 1.09. The van der Waals surface area contributed by atoms with Crippen LogP contribution in [0.1, 0.15) is 6.92 Å². The first-order valence-electron chi connectivity index (χ1n) is 4.82. The number of hydrogen-bond acceptors (Lipinski definition) is 3. The Morgan fingerprint density at radius 2 is 2.14 bits per heavy atom. The lowest BCUT2D eigenvalue weighted by molar-refractivity contribution is 0.146. The number of hydrogen-bond donors (Lipinski definition) is 1. The van der Waals surface area contributed by atoms with Gasteiger partial charge < -0.3 is 14.8 Å². The summed E-state index contributed by atoms with van der Waals surface area (Å²) in [5, 5.41) is 3.23. The summed E-state index contributed by atoms with van der Waals surface area (Å²) in [7, 11) is 1.67. The van der Waals surface area contributed by atoms with Crippen LogP contribution in [0.4, 0.5) is 5.69 Å². The highest BCUT2D eigenvalue weighted by Crippen LogP contribution is 2.16. The number of ether oxygens (including phenoxy) is 2. The van der Waals surface area contributed by atoms with Crippen molar-refractivity contribution in [2.24, 2.45) is 0 Å². The van der Waals surface area contributed by atoms with Crippen LogP contribution in [-0.4, -0.2) is 26.9 Å². The molecule has 0 radical (unpaired) electrons. The van der Waals surface area contributed by atoms with E-state index in [9.17, 15) is 0 Å². The number of benzene rings is 1. The lowest BCUT2D eigenvalue weighted by Gasteiger charge is -2.08. The second kappa shape index (κ2) is 6.27. The molecule has 14 heavy (non-hydrogen) atoms. The molecule has 1 rings (SSSR count). The highest BCUT2D eigenvalue weighted by atomic mass is 16.5. The zero-order valence-corrected chi connectivity index (χ0v) is 8.75. The molecule has 1 aromatic rings. The van der Waals surface area contributed by atoms with Crippen molar-refractivity contribution in [2.45, 2.75) is 6.92 Å². The molecule has 0 spiro atoms. The van der Waals surface area contributed by atoms with Crippen LogP contribution in [0.5, 0.6) is 5.75 Å². The largest absolute Gasteiger partial charge is 0.491 e. The number of nitrogens with one attached hydrogen (secondary N) is 1. The third kappa shape index (κ3) is 3.66. The van der Waals surface area contributed by atoms with E-state index in [2.05, 4.69) is 12.2 Å². The van der Waals surface area contributed by atoms with Gasteiger partial charge in [0.1, 0.15) is 12.4 Å². The van der Waals surface area contributed by atoms with Gasteiger partial charge in [-0.15, -0.1) is 0 Å². The van der Waals surface area contributed by atoms with Crippen LogP contribution in [0.2, 0.25) is 0 Å². The normalized spacial score (nSPS) is 9.86. The standard InChI is InChI=1S/C11H17NO2/c1-3-12-10-5-4-6-11(9-10)14-8-7-13-2/h4-6,9,12H,3,7-8H2,1-2H3. The van der Waals surface area contributed by atoms with E-state index in [1.165, 1.54) is 0 Å². The first kappa shape index (κ1) is 10.9. The van der Waals surface area contributed by atoms with Crippen molar-refractivity contribution in [3.05, 3.63) is 24.3 Å². The van der Waals surface area contributed by atoms with Crippen molar-refractivity contribution in [1.82, 2.24) is 0 Å². The molecule has 0 saturated heterocycles. The first-order valence-corrected chi connectivity index (χ1v) is 4.82. The average molecular weight is 195 g/mol. The zero-order valence-electron chi connectivity index (χ0n) is 8.75. The molecule has 3 nitrogen and oxygen atoms in total. The minimum absolute atomic E-state index is 0.589. The minimum Gasteiger partial charge on any atom is -0.491 e. The fourth-order valence-electron chi connectivity index (χ4n) is 1.14. The fourth-order valence-corrected chi connectivity index (χ4v) is 1.14. The van der Waals surface area contributed by atoms with Gasteiger partial charge in [-0.25, -0.2) is 0 Å². The van der Waals surface area contributed by atoms with Crippen LogP contribution in [-0.2, 0) is 4.74 Å². The van der Waals surface area contributed by atoms with Crippen molar-refractivity contribution >= 4 is 5.69 Å². The number of rotatable bonds is 6. The predicted octanol–water partition coefficient (Wildman–Crippen LogP) is 2.14. The van der Waals surface area contributed by atoms with Gasteiger partial charge in [-0.3, -0.25) is 0 Å². The molecule has 1 aromatic carbocycles. The monoisotopic (exact) mass is 195 g/mol. The minimum atomic E-state index is 0.589. The van der Waals surface area contributed by atoms with Gasteiger partial charge in [0.2, 0.25) is 0 Å². The average Bonchev–Trinajstić information content (AvgIpc) is 2.19. The molecule has 0 aromatic heterocycles. The Bertz CT molecular complexity index is 263. The second-order valence-corrected chi connectivity index (χ2v) is 2.90. The van der Waals surface area contributed by atoms with Gasteiger partial charge in [0.05, 0.1) is 6.61 Å². The Balaban J connectivity index is 2.46. The van der Waals surface area contributed by atoms with Crippen LogP contribution in [0.25, 0.3) is 0 Å². The second-order valence-electron chi connectivity index (χ2n) is 2.90. The van der Waals surface area contributed by atoms with Crippen molar-refractivity contribution in [3.63, 3.8) is 0 Å². The number of anilines is 1. The molecule has 0 saturated carbocycles. The molecule has 78 valence electrons. The van der Waals surface area contributed by atoms with Crippen molar-refractivity contribution < 1.29 is 9.47 Å². The van der Waals surface area contributed by atoms with Gasteiger partial charge in [0.25, 0.3) is 0 Å². The first-order chi connectivity index (χ1) is 6.86. The molecule has 0 aliphatic rings. The van der Waals surface area contributed by atoms with Gasteiger partial charge in [0, 0.05) is 25.4 Å². The summed E-state index contributed by atoms with van der Waals surface area (Å²) >= 11 is 0. The van der Waals surface area contributed by atoms with E-state index >= 15 is 0 Å². The Morgan fingerprint density at radius 3 is 2.86 bits per heavy atom. The van der Waals surface area contributed by atoms with Gasteiger partial charge >= 0.3 is 0 Å². The summed E-state index contributed by atoms with van der Waals surface area (Å²) in [5.74, 6) is 0.875. The zero-order chi connectivity index (χ0) is 10.2. The van der Waals surface area contributed by atoms with E-state index in [0.29, 0.717) is 13.2 Å². The molecule has 0 fully saturated rings. The molecular weight excluding hydrogens is 178 g/mol. The molecule has 0 aliphatic heterocycles. The van der Waals surface area contributed by atoms with E-state index in [1.807, 2.05) is 24.3 Å². The lowest BCUT2D eigenvalue weighted by atomic mass is 10.3. The molecule has 0 bridgehead atoms. The van der Waals surface area contributed by atoms with Crippen LogP contribution in [0.15, 0.2) is 24.3 Å². The Labute approximate surface area is 85.0 Å². The summed E-state index contributed by atoms with van der Waals surface area (Å²) in [6.07, 6.45) is 0. The van der Waals surface area contributed by atoms with Gasteiger partial charge in [-0.05, 0) is 19.1 Å². The van der Waals surface area contributed by atoms with E-state index < -0.39 is 0 Å². The van der Waals surface area contributed by atoms with Gasteiger partial charge in [-0.2, -0.15) is 0 Å². The Kier molecular flexibility index (Phi) is 4.86. The fraction of sp³-hybridized carbons (Fsp3) is 0.455. The SMILES string of the molecule is CCNc1cccc(OCCOC)c1. The van der Waals surface area contributed by atoms with Crippen LogP contribution >= 0.6 is 0 Å². The third-order valence-electron chi connectivity index (χ3n) is 1.77.